The van der Waals surface area contributed by atoms with E-state index in [1.807, 2.05) is 0 Å². The Morgan fingerprint density at radius 3 is 2.76 bits per heavy atom. The third-order valence-corrected chi connectivity index (χ3v) is 5.51. The highest BCUT2D eigenvalue weighted by molar-refractivity contribution is 5.85. The summed E-state index contributed by atoms with van der Waals surface area (Å²) in [6.07, 6.45) is 3.25. The maximum Gasteiger partial charge on any atom is 0.237 e. The Bertz CT molecular complexity index is 391. The largest absolute Gasteiger partial charge is 0.381 e. The number of ether oxygens (including phenoxy) is 1. The molecule has 1 spiro atoms. The van der Waals surface area contributed by atoms with E-state index >= 15 is 0 Å². The average Bonchev–Trinajstić information content (AvgIpc) is 2.94. The third-order valence-electron chi connectivity index (χ3n) is 5.51. The second-order valence-electron chi connectivity index (χ2n) is 7.77. The Morgan fingerprint density at radius 2 is 2.10 bits per heavy atom. The molecule has 0 radical (unpaired) electrons. The fourth-order valence-electron chi connectivity index (χ4n) is 4.08. The van der Waals surface area contributed by atoms with Crippen LogP contribution in [0, 0.1) is 10.8 Å². The zero-order valence-corrected chi connectivity index (χ0v) is 13.4. The zero-order valence-electron chi connectivity index (χ0n) is 13.4. The van der Waals surface area contributed by atoms with E-state index in [4.69, 9.17) is 4.74 Å². The summed E-state index contributed by atoms with van der Waals surface area (Å²) < 4.78 is 5.47. The molecule has 0 aromatic rings. The van der Waals surface area contributed by atoms with Crippen molar-refractivity contribution in [3.05, 3.63) is 0 Å². The molecule has 3 rings (SSSR count). The SMILES string of the molecule is CC1(C)CCN(CCNC2C(=O)NCC23CCOCC3)C1. The number of hydrogen-bond acceptors (Lipinski definition) is 4. The molecule has 3 aliphatic heterocycles. The topological polar surface area (TPSA) is 53.6 Å². The van der Waals surface area contributed by atoms with E-state index < -0.39 is 0 Å². The summed E-state index contributed by atoms with van der Waals surface area (Å²) in [6, 6.07) is -0.0305. The number of likely N-dealkylation sites (tertiary alicyclic amines) is 1. The summed E-state index contributed by atoms with van der Waals surface area (Å²) in [5.74, 6) is 0.179. The number of amides is 1. The van der Waals surface area contributed by atoms with E-state index in [2.05, 4.69) is 29.4 Å². The highest BCUT2D eigenvalue weighted by Gasteiger charge is 2.48. The lowest BCUT2D eigenvalue weighted by molar-refractivity contribution is -0.122. The van der Waals surface area contributed by atoms with Crippen molar-refractivity contribution in [3.8, 4) is 0 Å². The van der Waals surface area contributed by atoms with Gasteiger partial charge >= 0.3 is 0 Å². The molecule has 0 saturated carbocycles. The van der Waals surface area contributed by atoms with Crippen molar-refractivity contribution < 1.29 is 9.53 Å². The molecule has 3 fully saturated rings. The normalized spacial score (nSPS) is 31.7. The molecule has 0 aromatic carbocycles. The van der Waals surface area contributed by atoms with Gasteiger partial charge in [-0.15, -0.1) is 0 Å². The van der Waals surface area contributed by atoms with Crippen LogP contribution in [0.25, 0.3) is 0 Å². The van der Waals surface area contributed by atoms with Crippen molar-refractivity contribution >= 4 is 5.91 Å². The van der Waals surface area contributed by atoms with Crippen molar-refractivity contribution in [2.45, 2.75) is 39.2 Å². The monoisotopic (exact) mass is 295 g/mol. The van der Waals surface area contributed by atoms with E-state index in [0.717, 1.165) is 45.7 Å². The predicted molar refractivity (Wildman–Crippen MR) is 82.1 cm³/mol. The summed E-state index contributed by atoms with van der Waals surface area (Å²) in [7, 11) is 0. The smallest absolute Gasteiger partial charge is 0.237 e. The molecule has 1 atom stereocenters. The Morgan fingerprint density at radius 1 is 1.33 bits per heavy atom. The molecule has 1 amide bonds. The molecule has 120 valence electrons. The average molecular weight is 295 g/mol. The number of carbonyl (C=O) groups is 1. The number of carbonyl (C=O) groups excluding carboxylic acids is 1. The Balaban J connectivity index is 1.50. The molecule has 0 aliphatic carbocycles. The summed E-state index contributed by atoms with van der Waals surface area (Å²) in [5.41, 5.74) is 0.534. The van der Waals surface area contributed by atoms with Gasteiger partial charge in [-0.1, -0.05) is 13.8 Å². The molecule has 0 bridgehead atoms. The molecule has 3 saturated heterocycles. The van der Waals surface area contributed by atoms with Gasteiger partial charge < -0.3 is 20.3 Å². The van der Waals surface area contributed by atoms with Crippen LogP contribution in [0.4, 0.5) is 0 Å². The Hall–Kier alpha value is -0.650. The van der Waals surface area contributed by atoms with E-state index in [-0.39, 0.29) is 17.4 Å². The first-order valence-corrected chi connectivity index (χ1v) is 8.32. The van der Waals surface area contributed by atoms with Crippen molar-refractivity contribution in [2.24, 2.45) is 10.8 Å². The van der Waals surface area contributed by atoms with Gasteiger partial charge in [0.25, 0.3) is 0 Å². The molecular formula is C16H29N3O2. The van der Waals surface area contributed by atoms with Gasteiger partial charge in [-0.25, -0.2) is 0 Å². The second-order valence-corrected chi connectivity index (χ2v) is 7.77. The lowest BCUT2D eigenvalue weighted by Gasteiger charge is -2.37. The van der Waals surface area contributed by atoms with Gasteiger partial charge in [0.2, 0.25) is 5.91 Å². The van der Waals surface area contributed by atoms with E-state index in [1.54, 1.807) is 0 Å². The van der Waals surface area contributed by atoms with Crippen LogP contribution in [0.2, 0.25) is 0 Å². The fourth-order valence-corrected chi connectivity index (χ4v) is 4.08. The lowest BCUT2D eigenvalue weighted by atomic mass is 9.76. The van der Waals surface area contributed by atoms with Gasteiger partial charge in [-0.2, -0.15) is 0 Å². The molecule has 5 heteroatoms. The zero-order chi connectivity index (χ0) is 14.9. The molecule has 5 nitrogen and oxygen atoms in total. The van der Waals surface area contributed by atoms with Crippen LogP contribution in [0.15, 0.2) is 0 Å². The fraction of sp³-hybridized carbons (Fsp3) is 0.938. The maximum atomic E-state index is 12.1. The van der Waals surface area contributed by atoms with Crippen LogP contribution >= 0.6 is 0 Å². The van der Waals surface area contributed by atoms with E-state index in [1.165, 1.54) is 19.5 Å². The van der Waals surface area contributed by atoms with Crippen LogP contribution in [-0.4, -0.2) is 62.8 Å². The summed E-state index contributed by atoms with van der Waals surface area (Å²) in [6.45, 7) is 11.3. The van der Waals surface area contributed by atoms with Crippen molar-refractivity contribution in [2.75, 3.05) is 45.9 Å². The van der Waals surface area contributed by atoms with Gasteiger partial charge in [0.1, 0.15) is 0 Å². The summed E-state index contributed by atoms with van der Waals surface area (Å²) >= 11 is 0. The summed E-state index contributed by atoms with van der Waals surface area (Å²) in [4.78, 5) is 14.7. The van der Waals surface area contributed by atoms with Crippen LogP contribution in [0.3, 0.4) is 0 Å². The van der Waals surface area contributed by atoms with E-state index in [9.17, 15) is 4.79 Å². The molecule has 1 unspecified atom stereocenters. The highest BCUT2D eigenvalue weighted by atomic mass is 16.5. The predicted octanol–water partition coefficient (Wildman–Crippen LogP) is 0.603. The van der Waals surface area contributed by atoms with Gasteiger partial charge in [-0.3, -0.25) is 4.79 Å². The number of hydrogen-bond donors (Lipinski definition) is 2. The highest BCUT2D eigenvalue weighted by Crippen LogP contribution is 2.37. The maximum absolute atomic E-state index is 12.1. The van der Waals surface area contributed by atoms with Crippen LogP contribution in [-0.2, 0) is 9.53 Å². The van der Waals surface area contributed by atoms with Gasteiger partial charge in [0.15, 0.2) is 0 Å². The van der Waals surface area contributed by atoms with Crippen LogP contribution in [0.5, 0.6) is 0 Å². The molecular weight excluding hydrogens is 266 g/mol. The Labute approximate surface area is 127 Å². The first-order chi connectivity index (χ1) is 10.0. The van der Waals surface area contributed by atoms with Gasteiger partial charge in [0.05, 0.1) is 6.04 Å². The van der Waals surface area contributed by atoms with Crippen molar-refractivity contribution in [1.29, 1.82) is 0 Å². The first-order valence-electron chi connectivity index (χ1n) is 8.32. The van der Waals surface area contributed by atoms with Crippen molar-refractivity contribution in [1.82, 2.24) is 15.5 Å². The van der Waals surface area contributed by atoms with Crippen LogP contribution in [0.1, 0.15) is 33.1 Å². The van der Waals surface area contributed by atoms with Crippen molar-refractivity contribution in [3.63, 3.8) is 0 Å². The minimum atomic E-state index is -0.0305. The third kappa shape index (κ3) is 3.25. The standard InChI is InChI=1S/C16H29N3O2/c1-15(2)3-7-19(12-15)8-6-17-13-14(20)18-11-16(13)4-9-21-10-5-16/h13,17H,3-12H2,1-2H3,(H,18,20). The molecule has 3 heterocycles. The lowest BCUT2D eigenvalue weighted by Crippen LogP contribution is -2.50. The molecule has 2 N–H and O–H groups in total. The van der Waals surface area contributed by atoms with Crippen LogP contribution < -0.4 is 10.6 Å². The minimum Gasteiger partial charge on any atom is -0.381 e. The minimum absolute atomic E-state index is 0.0305. The first kappa shape index (κ1) is 15.3. The number of nitrogens with zero attached hydrogens (tertiary/aromatic N) is 1. The molecule has 0 aromatic heterocycles. The second kappa shape index (κ2) is 5.86. The van der Waals surface area contributed by atoms with Gasteiger partial charge in [-0.05, 0) is 31.2 Å². The van der Waals surface area contributed by atoms with Gasteiger partial charge in [0, 0.05) is 44.8 Å². The van der Waals surface area contributed by atoms with E-state index in [0.29, 0.717) is 5.41 Å². The molecule has 21 heavy (non-hydrogen) atoms. The quantitative estimate of drug-likeness (QED) is 0.798. The molecule has 3 aliphatic rings. The summed E-state index contributed by atoms with van der Waals surface area (Å²) in [5, 5.41) is 6.59. The number of nitrogens with one attached hydrogen (secondary N) is 2. The number of rotatable bonds is 4. The Kier molecular flexibility index (Phi) is 4.26.